The maximum absolute atomic E-state index is 12.0. The van der Waals surface area contributed by atoms with E-state index in [9.17, 15) is 4.79 Å². The molecule has 0 atom stereocenters. The van der Waals surface area contributed by atoms with Crippen LogP contribution in [0.2, 0.25) is 5.02 Å². The minimum atomic E-state index is -0.563. The summed E-state index contributed by atoms with van der Waals surface area (Å²) >= 11 is 5.88. The number of hydrogen-bond donors (Lipinski definition) is 3. The molecule has 6 nitrogen and oxygen atoms in total. The molecule has 0 saturated heterocycles. The van der Waals surface area contributed by atoms with Gasteiger partial charge >= 0.3 is 0 Å². The highest BCUT2D eigenvalue weighted by atomic mass is 35.5. The van der Waals surface area contributed by atoms with Gasteiger partial charge in [0.2, 0.25) is 0 Å². The zero-order valence-corrected chi connectivity index (χ0v) is 12.1. The average Bonchev–Trinajstić information content (AvgIpc) is 2.52. The van der Waals surface area contributed by atoms with Crippen molar-refractivity contribution >= 4 is 34.7 Å². The number of aromatic nitrogens is 1. The number of carbonyl (C=O) groups is 1. The van der Waals surface area contributed by atoms with Crippen LogP contribution in [-0.4, -0.2) is 10.9 Å². The van der Waals surface area contributed by atoms with Crippen molar-refractivity contribution in [2.24, 2.45) is 0 Å². The van der Waals surface area contributed by atoms with E-state index in [2.05, 4.69) is 15.6 Å². The monoisotopic (exact) mass is 313 g/mol. The molecule has 1 heterocycles. The normalized spacial score (nSPS) is 10.6. The molecule has 0 aliphatic carbocycles. The van der Waals surface area contributed by atoms with Crippen molar-refractivity contribution in [2.75, 3.05) is 16.4 Å². The van der Waals surface area contributed by atoms with E-state index in [1.165, 1.54) is 12.3 Å². The second kappa shape index (κ2) is 7.11. The molecule has 1 aromatic heterocycles. The number of carbonyl (C=O) groups excluding carboxylic acids is 1. The first-order valence-electron chi connectivity index (χ1n) is 6.24. The van der Waals surface area contributed by atoms with Crippen LogP contribution in [0.5, 0.6) is 0 Å². The average molecular weight is 314 g/mol. The number of nitrogens with two attached hydrogens (primary N) is 1. The van der Waals surface area contributed by atoms with E-state index >= 15 is 0 Å². The number of anilines is 3. The highest BCUT2D eigenvalue weighted by Crippen LogP contribution is 2.22. The van der Waals surface area contributed by atoms with Gasteiger partial charge < -0.3 is 16.4 Å². The Morgan fingerprint density at radius 1 is 1.36 bits per heavy atom. The van der Waals surface area contributed by atoms with Gasteiger partial charge in [-0.15, -0.1) is 0 Å². The van der Waals surface area contributed by atoms with E-state index in [0.29, 0.717) is 22.2 Å². The second-order valence-electron chi connectivity index (χ2n) is 4.22. The molecule has 0 bridgehead atoms. The first-order chi connectivity index (χ1) is 10.6. The number of amides is 1. The molecule has 1 aromatic carbocycles. The van der Waals surface area contributed by atoms with Gasteiger partial charge in [-0.05, 0) is 30.3 Å². The van der Waals surface area contributed by atoms with Gasteiger partial charge in [-0.2, -0.15) is 5.26 Å². The molecule has 0 spiro atoms. The van der Waals surface area contributed by atoms with Gasteiger partial charge in [0.25, 0.3) is 5.91 Å². The summed E-state index contributed by atoms with van der Waals surface area (Å²) in [5.41, 5.74) is 6.35. The topological polar surface area (TPSA) is 104 Å². The van der Waals surface area contributed by atoms with Gasteiger partial charge in [-0.25, -0.2) is 4.98 Å². The van der Waals surface area contributed by atoms with Crippen LogP contribution < -0.4 is 16.4 Å². The third-order valence-electron chi connectivity index (χ3n) is 2.65. The third kappa shape index (κ3) is 3.98. The number of halogens is 1. The minimum Gasteiger partial charge on any atom is -0.398 e. The first-order valence-corrected chi connectivity index (χ1v) is 6.62. The Morgan fingerprint density at radius 3 is 2.82 bits per heavy atom. The maximum atomic E-state index is 12.0. The van der Waals surface area contributed by atoms with Crippen LogP contribution in [0, 0.1) is 11.3 Å². The minimum absolute atomic E-state index is 0.0985. The fourth-order valence-corrected chi connectivity index (χ4v) is 1.73. The molecule has 0 saturated carbocycles. The van der Waals surface area contributed by atoms with Crippen LogP contribution in [0.3, 0.4) is 0 Å². The van der Waals surface area contributed by atoms with E-state index in [0.717, 1.165) is 0 Å². The van der Waals surface area contributed by atoms with E-state index in [1.807, 2.05) is 6.07 Å². The van der Waals surface area contributed by atoms with E-state index in [-0.39, 0.29) is 5.57 Å². The number of benzene rings is 1. The number of pyridine rings is 1. The molecular weight excluding hydrogens is 302 g/mol. The number of nitrogens with one attached hydrogen (secondary N) is 2. The van der Waals surface area contributed by atoms with Crippen molar-refractivity contribution in [1.29, 1.82) is 5.26 Å². The lowest BCUT2D eigenvalue weighted by atomic mass is 10.2. The van der Waals surface area contributed by atoms with Gasteiger partial charge in [0.15, 0.2) is 0 Å². The predicted octanol–water partition coefficient (Wildman–Crippen LogP) is 2.78. The summed E-state index contributed by atoms with van der Waals surface area (Å²) in [7, 11) is 0. The smallest absolute Gasteiger partial charge is 0.267 e. The fourth-order valence-electron chi connectivity index (χ4n) is 1.55. The van der Waals surface area contributed by atoms with Crippen LogP contribution in [0.4, 0.5) is 17.2 Å². The zero-order valence-electron chi connectivity index (χ0n) is 11.4. The van der Waals surface area contributed by atoms with E-state index in [4.69, 9.17) is 22.6 Å². The van der Waals surface area contributed by atoms with Crippen molar-refractivity contribution in [2.45, 2.75) is 0 Å². The van der Waals surface area contributed by atoms with Gasteiger partial charge in [0.1, 0.15) is 17.5 Å². The first kappa shape index (κ1) is 15.4. The Hall–Kier alpha value is -3.04. The lowest BCUT2D eigenvalue weighted by molar-refractivity contribution is -0.112. The summed E-state index contributed by atoms with van der Waals surface area (Å²) in [5.74, 6) is -0.0367. The van der Waals surface area contributed by atoms with Crippen molar-refractivity contribution in [3.05, 3.63) is 59.4 Å². The summed E-state index contributed by atoms with van der Waals surface area (Å²) < 4.78 is 0. The summed E-state index contributed by atoms with van der Waals surface area (Å²) in [5, 5.41) is 14.7. The predicted molar refractivity (Wildman–Crippen MR) is 86.0 cm³/mol. The van der Waals surface area contributed by atoms with Crippen molar-refractivity contribution in [3.8, 4) is 6.07 Å². The molecule has 7 heteroatoms. The molecule has 0 fully saturated rings. The Morgan fingerprint density at radius 2 is 2.18 bits per heavy atom. The molecule has 2 aromatic rings. The van der Waals surface area contributed by atoms with Crippen molar-refractivity contribution in [1.82, 2.24) is 4.98 Å². The van der Waals surface area contributed by atoms with Crippen LogP contribution in [0.1, 0.15) is 0 Å². The molecule has 110 valence electrons. The van der Waals surface area contributed by atoms with Crippen LogP contribution in [0.25, 0.3) is 0 Å². The standard InChI is InChI=1S/C15H12ClN5O/c16-12-7-11(4-5-13(12)18)21-15(22)10(8-17)9-20-14-3-1-2-6-19-14/h1-7,9H,18H2,(H,19,20)(H,21,22)/b10-9-. The fraction of sp³-hybridized carbons (Fsp3) is 0. The Kier molecular flexibility index (Phi) is 4.96. The van der Waals surface area contributed by atoms with Crippen LogP contribution >= 0.6 is 11.6 Å². The summed E-state index contributed by atoms with van der Waals surface area (Å²) in [6.07, 6.45) is 2.88. The number of nitriles is 1. The number of rotatable bonds is 4. The quantitative estimate of drug-likeness (QED) is 0.457. The molecule has 0 unspecified atom stereocenters. The van der Waals surface area contributed by atoms with Crippen molar-refractivity contribution in [3.63, 3.8) is 0 Å². The third-order valence-corrected chi connectivity index (χ3v) is 2.98. The molecule has 0 radical (unpaired) electrons. The zero-order chi connectivity index (χ0) is 15.9. The Labute approximate surface area is 132 Å². The second-order valence-corrected chi connectivity index (χ2v) is 4.63. The largest absolute Gasteiger partial charge is 0.398 e. The number of nitrogens with zero attached hydrogens (tertiary/aromatic N) is 2. The van der Waals surface area contributed by atoms with Gasteiger partial charge in [0, 0.05) is 18.1 Å². The number of hydrogen-bond acceptors (Lipinski definition) is 5. The van der Waals surface area contributed by atoms with Crippen LogP contribution in [-0.2, 0) is 4.79 Å². The molecular formula is C15H12ClN5O. The highest BCUT2D eigenvalue weighted by Gasteiger charge is 2.10. The lowest BCUT2D eigenvalue weighted by Gasteiger charge is -2.06. The maximum Gasteiger partial charge on any atom is 0.267 e. The summed E-state index contributed by atoms with van der Waals surface area (Å²) in [6, 6.07) is 11.8. The van der Waals surface area contributed by atoms with Crippen LogP contribution in [0.15, 0.2) is 54.4 Å². The number of nitrogen functional groups attached to an aromatic ring is 1. The highest BCUT2D eigenvalue weighted by molar-refractivity contribution is 6.33. The van der Waals surface area contributed by atoms with Crippen molar-refractivity contribution < 1.29 is 4.79 Å². The Bertz CT molecular complexity index is 752. The molecule has 0 aliphatic rings. The molecule has 0 aliphatic heterocycles. The van der Waals surface area contributed by atoms with Gasteiger partial charge in [0.05, 0.1) is 10.7 Å². The SMILES string of the molecule is N#C/C(=C/Nc1ccccn1)C(=O)Nc1ccc(N)c(Cl)c1. The van der Waals surface area contributed by atoms with E-state index < -0.39 is 5.91 Å². The molecule has 4 N–H and O–H groups in total. The van der Waals surface area contributed by atoms with Gasteiger partial charge in [-0.3, -0.25) is 4.79 Å². The molecule has 2 rings (SSSR count). The lowest BCUT2D eigenvalue weighted by Crippen LogP contribution is -2.14. The van der Waals surface area contributed by atoms with Gasteiger partial charge in [-0.1, -0.05) is 17.7 Å². The van der Waals surface area contributed by atoms with E-state index in [1.54, 1.807) is 36.5 Å². The molecule has 1 amide bonds. The Balaban J connectivity index is 2.08. The summed E-state index contributed by atoms with van der Waals surface area (Å²) in [6.45, 7) is 0. The molecule has 22 heavy (non-hydrogen) atoms. The summed E-state index contributed by atoms with van der Waals surface area (Å²) in [4.78, 5) is 16.0.